The van der Waals surface area contributed by atoms with Gasteiger partial charge in [0.2, 0.25) is 5.95 Å². The van der Waals surface area contributed by atoms with Crippen LogP contribution in [0.25, 0.3) is 10.9 Å². The van der Waals surface area contributed by atoms with Gasteiger partial charge in [0.15, 0.2) is 0 Å². The van der Waals surface area contributed by atoms with Crippen molar-refractivity contribution in [3.8, 4) is 0 Å². The molecule has 1 atom stereocenters. The number of ether oxygens (including phenoxy) is 2. The molecule has 1 aromatic carbocycles. The van der Waals surface area contributed by atoms with Gasteiger partial charge in [-0.05, 0) is 37.8 Å². The lowest BCUT2D eigenvalue weighted by Crippen LogP contribution is -2.39. The summed E-state index contributed by atoms with van der Waals surface area (Å²) in [5.74, 6) is 1.27. The molecular weight excluding hydrogens is 304 g/mol. The SMILES string of the molecule is Nc1nc(N2CCC(OC[C@@H]3CCCO3)CC2)nc2ccccc12. The summed E-state index contributed by atoms with van der Waals surface area (Å²) >= 11 is 0. The Morgan fingerprint density at radius 1 is 1.17 bits per heavy atom. The Bertz CT molecular complexity index is 694. The van der Waals surface area contributed by atoms with Gasteiger partial charge < -0.3 is 20.1 Å². The van der Waals surface area contributed by atoms with Crippen molar-refractivity contribution in [3.05, 3.63) is 24.3 Å². The number of rotatable bonds is 4. The Kier molecular flexibility index (Phi) is 4.49. The number of nitrogen functional groups attached to an aromatic ring is 1. The number of nitrogens with zero attached hydrogens (tertiary/aromatic N) is 3. The van der Waals surface area contributed by atoms with Crippen molar-refractivity contribution in [2.75, 3.05) is 36.9 Å². The van der Waals surface area contributed by atoms with Crippen molar-refractivity contribution in [1.29, 1.82) is 0 Å². The highest BCUT2D eigenvalue weighted by atomic mass is 16.5. The Morgan fingerprint density at radius 2 is 2.00 bits per heavy atom. The molecule has 0 amide bonds. The molecule has 0 saturated carbocycles. The molecule has 24 heavy (non-hydrogen) atoms. The van der Waals surface area contributed by atoms with Crippen LogP contribution >= 0.6 is 0 Å². The van der Waals surface area contributed by atoms with E-state index < -0.39 is 0 Å². The zero-order valence-electron chi connectivity index (χ0n) is 13.9. The van der Waals surface area contributed by atoms with Gasteiger partial charge in [-0.1, -0.05) is 12.1 Å². The molecule has 2 aliphatic heterocycles. The second-order valence-corrected chi connectivity index (χ2v) is 6.58. The molecule has 4 rings (SSSR count). The normalized spacial score (nSPS) is 22.3. The summed E-state index contributed by atoms with van der Waals surface area (Å²) in [4.78, 5) is 11.4. The quantitative estimate of drug-likeness (QED) is 0.929. The molecule has 0 unspecified atom stereocenters. The van der Waals surface area contributed by atoms with E-state index >= 15 is 0 Å². The van der Waals surface area contributed by atoms with Crippen molar-refractivity contribution < 1.29 is 9.47 Å². The van der Waals surface area contributed by atoms with Gasteiger partial charge in [0.05, 0.1) is 24.3 Å². The number of para-hydroxylation sites is 1. The number of hydrogen-bond donors (Lipinski definition) is 1. The minimum absolute atomic E-state index is 0.298. The van der Waals surface area contributed by atoms with Crippen LogP contribution in [0.4, 0.5) is 11.8 Å². The van der Waals surface area contributed by atoms with E-state index in [0.717, 1.165) is 68.8 Å². The summed E-state index contributed by atoms with van der Waals surface area (Å²) < 4.78 is 11.6. The number of aromatic nitrogens is 2. The molecule has 2 fully saturated rings. The van der Waals surface area contributed by atoms with Crippen molar-refractivity contribution >= 4 is 22.7 Å². The van der Waals surface area contributed by atoms with Crippen LogP contribution in [0.15, 0.2) is 24.3 Å². The fourth-order valence-electron chi connectivity index (χ4n) is 3.47. The lowest BCUT2D eigenvalue weighted by molar-refractivity contribution is -0.0280. The van der Waals surface area contributed by atoms with Gasteiger partial charge >= 0.3 is 0 Å². The summed E-state index contributed by atoms with van der Waals surface area (Å²) in [5.41, 5.74) is 6.99. The van der Waals surface area contributed by atoms with E-state index in [1.54, 1.807) is 0 Å². The molecule has 2 aromatic rings. The van der Waals surface area contributed by atoms with Crippen LogP contribution in [0.2, 0.25) is 0 Å². The summed E-state index contributed by atoms with van der Waals surface area (Å²) in [5, 5.41) is 0.913. The van der Waals surface area contributed by atoms with E-state index in [0.29, 0.717) is 18.0 Å². The Morgan fingerprint density at radius 3 is 2.79 bits per heavy atom. The van der Waals surface area contributed by atoms with Gasteiger partial charge in [0.1, 0.15) is 5.82 Å². The van der Waals surface area contributed by atoms with Crippen molar-refractivity contribution in [1.82, 2.24) is 9.97 Å². The lowest BCUT2D eigenvalue weighted by atomic mass is 10.1. The summed E-state index contributed by atoms with van der Waals surface area (Å²) in [7, 11) is 0. The minimum Gasteiger partial charge on any atom is -0.383 e. The second-order valence-electron chi connectivity index (χ2n) is 6.58. The van der Waals surface area contributed by atoms with E-state index in [9.17, 15) is 0 Å². The van der Waals surface area contributed by atoms with Gasteiger partial charge in [0, 0.05) is 25.1 Å². The lowest BCUT2D eigenvalue weighted by Gasteiger charge is -2.32. The maximum absolute atomic E-state index is 6.09. The molecule has 6 heteroatoms. The molecule has 6 nitrogen and oxygen atoms in total. The van der Waals surface area contributed by atoms with E-state index in [-0.39, 0.29) is 0 Å². The van der Waals surface area contributed by atoms with Gasteiger partial charge in [-0.15, -0.1) is 0 Å². The van der Waals surface area contributed by atoms with Crippen LogP contribution in [-0.4, -0.2) is 48.5 Å². The van der Waals surface area contributed by atoms with Crippen molar-refractivity contribution in [3.63, 3.8) is 0 Å². The van der Waals surface area contributed by atoms with E-state index in [2.05, 4.69) is 14.9 Å². The van der Waals surface area contributed by atoms with Crippen LogP contribution in [0.3, 0.4) is 0 Å². The third kappa shape index (κ3) is 3.30. The first-order valence-corrected chi connectivity index (χ1v) is 8.80. The van der Waals surface area contributed by atoms with Gasteiger partial charge in [-0.25, -0.2) is 4.98 Å². The van der Waals surface area contributed by atoms with Crippen molar-refractivity contribution in [2.45, 2.75) is 37.9 Å². The highest BCUT2D eigenvalue weighted by Crippen LogP contribution is 2.24. The summed E-state index contributed by atoms with van der Waals surface area (Å²) in [6, 6.07) is 7.87. The molecule has 2 N–H and O–H groups in total. The van der Waals surface area contributed by atoms with Crippen LogP contribution in [0.5, 0.6) is 0 Å². The highest BCUT2D eigenvalue weighted by molar-refractivity contribution is 5.88. The minimum atomic E-state index is 0.298. The molecule has 2 saturated heterocycles. The third-order valence-electron chi connectivity index (χ3n) is 4.89. The molecule has 0 radical (unpaired) electrons. The molecule has 0 spiro atoms. The van der Waals surface area contributed by atoms with Gasteiger partial charge in [0.25, 0.3) is 0 Å². The van der Waals surface area contributed by atoms with E-state index in [4.69, 9.17) is 15.2 Å². The highest BCUT2D eigenvalue weighted by Gasteiger charge is 2.24. The predicted molar refractivity (Wildman–Crippen MR) is 94.1 cm³/mol. The van der Waals surface area contributed by atoms with Crippen LogP contribution in [0.1, 0.15) is 25.7 Å². The van der Waals surface area contributed by atoms with E-state index in [1.807, 2.05) is 24.3 Å². The molecule has 0 bridgehead atoms. The summed E-state index contributed by atoms with van der Waals surface area (Å²) in [6.07, 6.45) is 4.87. The number of fused-ring (bicyclic) bond motifs is 1. The summed E-state index contributed by atoms with van der Waals surface area (Å²) in [6.45, 7) is 3.40. The maximum Gasteiger partial charge on any atom is 0.227 e. The number of piperidine rings is 1. The maximum atomic E-state index is 6.09. The Hall–Kier alpha value is -1.92. The average Bonchev–Trinajstić information content (AvgIpc) is 3.14. The standard InChI is InChI=1S/C18H24N4O2/c19-17-15-5-1-2-6-16(15)20-18(21-17)22-9-7-13(8-10-22)24-12-14-4-3-11-23-14/h1-2,5-6,13-14H,3-4,7-12H2,(H2,19,20,21)/t14-/m0/s1. The molecule has 1 aromatic heterocycles. The fraction of sp³-hybridized carbons (Fsp3) is 0.556. The molecular formula is C18H24N4O2. The zero-order valence-corrected chi connectivity index (χ0v) is 13.9. The first-order valence-electron chi connectivity index (χ1n) is 8.80. The number of anilines is 2. The fourth-order valence-corrected chi connectivity index (χ4v) is 3.47. The van der Waals surface area contributed by atoms with Gasteiger partial charge in [-0.2, -0.15) is 4.98 Å². The number of benzene rings is 1. The smallest absolute Gasteiger partial charge is 0.227 e. The van der Waals surface area contributed by atoms with Crippen LogP contribution < -0.4 is 10.6 Å². The number of hydrogen-bond acceptors (Lipinski definition) is 6. The van der Waals surface area contributed by atoms with Crippen molar-refractivity contribution in [2.24, 2.45) is 0 Å². The average molecular weight is 328 g/mol. The van der Waals surface area contributed by atoms with Crippen LogP contribution in [-0.2, 0) is 9.47 Å². The van der Waals surface area contributed by atoms with E-state index in [1.165, 1.54) is 0 Å². The third-order valence-corrected chi connectivity index (χ3v) is 4.89. The Labute approximate surface area is 142 Å². The predicted octanol–water partition coefficient (Wildman–Crippen LogP) is 2.38. The zero-order chi connectivity index (χ0) is 16.4. The molecule has 128 valence electrons. The first kappa shape index (κ1) is 15.6. The second kappa shape index (κ2) is 6.91. The molecule has 2 aliphatic rings. The van der Waals surface area contributed by atoms with Gasteiger partial charge in [-0.3, -0.25) is 0 Å². The Balaban J connectivity index is 1.37. The first-order chi connectivity index (χ1) is 11.8. The largest absolute Gasteiger partial charge is 0.383 e. The topological polar surface area (TPSA) is 73.5 Å². The molecule has 3 heterocycles. The number of nitrogens with two attached hydrogens (primary N) is 1. The molecule has 0 aliphatic carbocycles. The van der Waals surface area contributed by atoms with Crippen LogP contribution in [0, 0.1) is 0 Å². The monoisotopic (exact) mass is 328 g/mol.